The van der Waals surface area contributed by atoms with Crippen LogP contribution in [0.3, 0.4) is 0 Å². The molecule has 8 heteroatoms. The van der Waals surface area contributed by atoms with Crippen LogP contribution in [0.5, 0.6) is 0 Å². The van der Waals surface area contributed by atoms with Gasteiger partial charge in [0.05, 0.1) is 29.0 Å². The van der Waals surface area contributed by atoms with E-state index < -0.39 is 0 Å². The number of carbonyl (C=O) groups is 2. The molecule has 3 amide bonds. The number of hydrogen-bond acceptors (Lipinski definition) is 4. The molecule has 0 unspecified atom stereocenters. The Morgan fingerprint density at radius 2 is 2.03 bits per heavy atom. The van der Waals surface area contributed by atoms with E-state index in [2.05, 4.69) is 20.7 Å². The lowest BCUT2D eigenvalue weighted by Crippen LogP contribution is -2.41. The number of fused-ring (bicyclic) bond motifs is 1. The molecule has 0 radical (unpaired) electrons. The number of likely N-dealkylation sites (tertiary alicyclic amines) is 1. The van der Waals surface area contributed by atoms with Crippen LogP contribution in [-0.2, 0) is 18.3 Å². The summed E-state index contributed by atoms with van der Waals surface area (Å²) in [6, 6.07) is 10.5. The number of likely N-dealkylation sites (N-methyl/N-ethyl adjacent to an activating group) is 1. The average Bonchev–Trinajstić information content (AvgIpc) is 3.24. The number of carbonyl (C=O) groups excluding carboxylic acids is 2. The number of amides is 3. The zero-order valence-corrected chi connectivity index (χ0v) is 16.7. The van der Waals surface area contributed by atoms with Crippen LogP contribution in [0, 0.1) is 0 Å². The summed E-state index contributed by atoms with van der Waals surface area (Å²) in [7, 11) is 3.59. The van der Waals surface area contributed by atoms with Gasteiger partial charge in [-0.25, -0.2) is 4.79 Å². The summed E-state index contributed by atoms with van der Waals surface area (Å²) in [5.74, 6) is -0.0101. The highest BCUT2D eigenvalue weighted by Gasteiger charge is 2.40. The van der Waals surface area contributed by atoms with Crippen LogP contribution in [0.25, 0.3) is 10.9 Å². The van der Waals surface area contributed by atoms with E-state index in [4.69, 9.17) is 0 Å². The van der Waals surface area contributed by atoms with Crippen LogP contribution in [0.15, 0.2) is 42.6 Å². The quantitative estimate of drug-likeness (QED) is 0.714. The van der Waals surface area contributed by atoms with Crippen molar-refractivity contribution in [3.8, 4) is 0 Å². The normalized spacial score (nSPS) is 19.0. The van der Waals surface area contributed by atoms with Crippen LogP contribution >= 0.6 is 0 Å². The van der Waals surface area contributed by atoms with E-state index in [0.29, 0.717) is 5.69 Å². The minimum absolute atomic E-state index is 0.0101. The fourth-order valence-electron chi connectivity index (χ4n) is 3.92. The van der Waals surface area contributed by atoms with Crippen LogP contribution in [0.4, 0.5) is 10.5 Å². The molecule has 8 nitrogen and oxygen atoms in total. The molecule has 0 bridgehead atoms. The Balaban J connectivity index is 1.58. The highest BCUT2D eigenvalue weighted by molar-refractivity contribution is 6.00. The number of para-hydroxylation sites is 1. The SMILES string of the molecule is CCc1cc(NC(=O)N[C@@H]2CC(=O)N(C)[C@H]2c2ccnn2C)c2ccccc2n1. The van der Waals surface area contributed by atoms with Crippen molar-refractivity contribution in [2.75, 3.05) is 12.4 Å². The standard InChI is InChI=1S/C21H24N6O2/c1-4-13-11-16(14-7-5-6-8-15(14)23-13)24-21(29)25-17-12-19(28)26(2)20(17)18-9-10-22-27(18)3/h5-11,17,20H,4,12H2,1-3H3,(H2,23,24,25,29)/t17-,20-/m1/s1. The molecule has 1 fully saturated rings. The van der Waals surface area contributed by atoms with Gasteiger partial charge >= 0.3 is 6.03 Å². The number of rotatable bonds is 4. The van der Waals surface area contributed by atoms with Gasteiger partial charge in [-0.15, -0.1) is 0 Å². The Hall–Kier alpha value is -3.42. The average molecular weight is 392 g/mol. The summed E-state index contributed by atoms with van der Waals surface area (Å²) in [4.78, 5) is 31.4. The molecule has 0 aliphatic carbocycles. The predicted molar refractivity (Wildman–Crippen MR) is 110 cm³/mol. The van der Waals surface area contributed by atoms with Crippen LogP contribution in [0.1, 0.15) is 30.8 Å². The number of benzene rings is 1. The molecule has 29 heavy (non-hydrogen) atoms. The smallest absolute Gasteiger partial charge is 0.319 e. The molecule has 0 saturated carbocycles. The van der Waals surface area contributed by atoms with Gasteiger partial charge in [-0.2, -0.15) is 5.10 Å². The lowest BCUT2D eigenvalue weighted by atomic mass is 10.1. The van der Waals surface area contributed by atoms with Crippen molar-refractivity contribution in [1.29, 1.82) is 0 Å². The lowest BCUT2D eigenvalue weighted by Gasteiger charge is -2.25. The summed E-state index contributed by atoms with van der Waals surface area (Å²) in [6.45, 7) is 2.03. The Kier molecular flexibility index (Phi) is 4.92. The number of pyridine rings is 1. The third kappa shape index (κ3) is 3.53. The van der Waals surface area contributed by atoms with Gasteiger partial charge in [0, 0.05) is 37.8 Å². The topological polar surface area (TPSA) is 92.2 Å². The number of nitrogens with zero attached hydrogens (tertiary/aromatic N) is 4. The van der Waals surface area contributed by atoms with Gasteiger partial charge in [0.1, 0.15) is 0 Å². The molecule has 150 valence electrons. The fourth-order valence-corrected chi connectivity index (χ4v) is 3.92. The first-order chi connectivity index (χ1) is 14.0. The van der Waals surface area contributed by atoms with E-state index in [0.717, 1.165) is 28.7 Å². The van der Waals surface area contributed by atoms with Gasteiger partial charge in [0.15, 0.2) is 0 Å². The first kappa shape index (κ1) is 18.9. The molecule has 1 aromatic carbocycles. The summed E-state index contributed by atoms with van der Waals surface area (Å²) < 4.78 is 1.73. The van der Waals surface area contributed by atoms with Crippen molar-refractivity contribution in [3.05, 3.63) is 54.0 Å². The lowest BCUT2D eigenvalue weighted by molar-refractivity contribution is -0.127. The van der Waals surface area contributed by atoms with Crippen LogP contribution in [-0.4, -0.2) is 44.7 Å². The summed E-state index contributed by atoms with van der Waals surface area (Å²) in [5.41, 5.74) is 3.33. The molecule has 0 spiro atoms. The zero-order chi connectivity index (χ0) is 20.5. The molecule has 3 aromatic rings. The van der Waals surface area contributed by atoms with Crippen molar-refractivity contribution in [2.24, 2.45) is 7.05 Å². The van der Waals surface area contributed by atoms with Crippen LogP contribution in [0.2, 0.25) is 0 Å². The number of aromatic nitrogens is 3. The summed E-state index contributed by atoms with van der Waals surface area (Å²) in [5, 5.41) is 11.0. The minimum Gasteiger partial charge on any atom is -0.335 e. The molecule has 4 rings (SSSR count). The molecule has 2 aromatic heterocycles. The molecule has 1 saturated heterocycles. The van der Waals surface area contributed by atoms with E-state index in [1.54, 1.807) is 22.8 Å². The van der Waals surface area contributed by atoms with Crippen molar-refractivity contribution in [1.82, 2.24) is 25.0 Å². The molecule has 1 aliphatic rings. The number of anilines is 1. The number of aryl methyl sites for hydroxylation is 2. The predicted octanol–water partition coefficient (Wildman–Crippen LogP) is 2.62. The zero-order valence-electron chi connectivity index (χ0n) is 16.7. The molecule has 2 atom stereocenters. The second-order valence-corrected chi connectivity index (χ2v) is 7.27. The highest BCUT2D eigenvalue weighted by Crippen LogP contribution is 2.31. The first-order valence-electron chi connectivity index (χ1n) is 9.67. The summed E-state index contributed by atoms with van der Waals surface area (Å²) in [6.07, 6.45) is 2.71. The van der Waals surface area contributed by atoms with Gasteiger partial charge in [-0.3, -0.25) is 14.5 Å². The molecule has 3 heterocycles. The van der Waals surface area contributed by atoms with E-state index in [1.807, 2.05) is 50.4 Å². The van der Waals surface area contributed by atoms with Gasteiger partial charge in [0.2, 0.25) is 5.91 Å². The Morgan fingerprint density at radius 1 is 1.24 bits per heavy atom. The van der Waals surface area contributed by atoms with Crippen molar-refractivity contribution >= 4 is 28.5 Å². The minimum atomic E-state index is -0.346. The highest BCUT2D eigenvalue weighted by atomic mass is 16.2. The molecular weight excluding hydrogens is 368 g/mol. The number of urea groups is 1. The first-order valence-corrected chi connectivity index (χ1v) is 9.67. The van der Waals surface area contributed by atoms with Gasteiger partial charge in [0.25, 0.3) is 0 Å². The summed E-state index contributed by atoms with van der Waals surface area (Å²) >= 11 is 0. The van der Waals surface area contributed by atoms with Gasteiger partial charge < -0.3 is 15.5 Å². The Labute approximate surface area is 168 Å². The van der Waals surface area contributed by atoms with Crippen molar-refractivity contribution in [2.45, 2.75) is 31.8 Å². The second kappa shape index (κ2) is 7.54. The second-order valence-electron chi connectivity index (χ2n) is 7.27. The fraction of sp³-hybridized carbons (Fsp3) is 0.333. The maximum Gasteiger partial charge on any atom is 0.319 e. The van der Waals surface area contributed by atoms with E-state index in [1.165, 1.54) is 0 Å². The third-order valence-electron chi connectivity index (χ3n) is 5.44. The molecule has 2 N–H and O–H groups in total. The maximum atomic E-state index is 12.8. The number of hydrogen-bond donors (Lipinski definition) is 2. The van der Waals surface area contributed by atoms with Crippen molar-refractivity contribution < 1.29 is 9.59 Å². The third-order valence-corrected chi connectivity index (χ3v) is 5.44. The van der Waals surface area contributed by atoms with E-state index in [-0.39, 0.29) is 30.4 Å². The van der Waals surface area contributed by atoms with Crippen LogP contribution < -0.4 is 10.6 Å². The molecular formula is C21H24N6O2. The Morgan fingerprint density at radius 3 is 2.76 bits per heavy atom. The maximum absolute atomic E-state index is 12.8. The van der Waals surface area contributed by atoms with Crippen molar-refractivity contribution in [3.63, 3.8) is 0 Å². The van der Waals surface area contributed by atoms with Gasteiger partial charge in [-0.1, -0.05) is 25.1 Å². The monoisotopic (exact) mass is 392 g/mol. The van der Waals surface area contributed by atoms with E-state index >= 15 is 0 Å². The largest absolute Gasteiger partial charge is 0.335 e. The van der Waals surface area contributed by atoms with Gasteiger partial charge in [-0.05, 0) is 24.6 Å². The Bertz CT molecular complexity index is 1080. The van der Waals surface area contributed by atoms with E-state index in [9.17, 15) is 9.59 Å². The number of nitrogens with one attached hydrogen (secondary N) is 2. The molecule has 1 aliphatic heterocycles.